The van der Waals surface area contributed by atoms with Gasteiger partial charge in [0.2, 0.25) is 11.6 Å². The molecule has 4 aromatic carbocycles. The summed E-state index contributed by atoms with van der Waals surface area (Å²) in [5.41, 5.74) is 9.11. The van der Waals surface area contributed by atoms with Gasteiger partial charge in [0.05, 0.1) is 27.6 Å². The summed E-state index contributed by atoms with van der Waals surface area (Å²) < 4.78 is 13.0. The molecular weight excluding hydrogens is 398 g/mol. The van der Waals surface area contributed by atoms with Crippen LogP contribution in [0.1, 0.15) is 0 Å². The predicted molar refractivity (Wildman–Crippen MR) is 126 cm³/mol. The molecule has 0 fully saturated rings. The number of para-hydroxylation sites is 4. The number of rotatable bonds is 0. The van der Waals surface area contributed by atoms with Gasteiger partial charge in [0.15, 0.2) is 5.58 Å². The minimum absolute atomic E-state index is 0.851. The van der Waals surface area contributed by atoms with Crippen LogP contribution in [-0.4, -0.2) is 23.2 Å². The fraction of sp³-hybridized carbons (Fsp3) is 0. The molecule has 0 saturated heterocycles. The number of nitrogens with zero attached hydrogens (tertiary/aromatic N) is 5. The van der Waals surface area contributed by atoms with E-state index in [1.165, 1.54) is 0 Å². The maximum Gasteiger partial charge on any atom is 0.223 e. The van der Waals surface area contributed by atoms with Crippen LogP contribution in [-0.2, 0) is 0 Å². The Morgan fingerprint density at radius 3 is 2.25 bits per heavy atom. The molecule has 9 aromatic rings. The van der Waals surface area contributed by atoms with Crippen LogP contribution in [0, 0.1) is 0 Å². The highest BCUT2D eigenvalue weighted by molar-refractivity contribution is 6.15. The lowest BCUT2D eigenvalue weighted by Crippen LogP contribution is -1.87. The number of benzene rings is 4. The van der Waals surface area contributed by atoms with Gasteiger partial charge in [-0.05, 0) is 42.5 Å². The van der Waals surface area contributed by atoms with Crippen molar-refractivity contribution >= 4 is 72.1 Å². The zero-order valence-electron chi connectivity index (χ0n) is 16.6. The van der Waals surface area contributed by atoms with Crippen molar-refractivity contribution in [2.45, 2.75) is 0 Å². The fourth-order valence-corrected chi connectivity index (χ4v) is 5.51. The summed E-state index contributed by atoms with van der Waals surface area (Å²) in [6.07, 6.45) is 0. The van der Waals surface area contributed by atoms with E-state index in [1.807, 2.05) is 18.2 Å². The van der Waals surface area contributed by atoms with Gasteiger partial charge in [-0.3, -0.25) is 8.80 Å². The monoisotopic (exact) mass is 411 g/mol. The van der Waals surface area contributed by atoms with Gasteiger partial charge in [-0.2, -0.15) is 0 Å². The molecule has 0 N–H and O–H groups in total. The van der Waals surface area contributed by atoms with Crippen LogP contribution < -0.4 is 0 Å². The molecule has 6 heteroatoms. The SMILES string of the molecule is c1ccc2c(c1)nc1n2c2cccc3c2n1c1nc2ccc4c5ccccc5oc4c2n31. The summed E-state index contributed by atoms with van der Waals surface area (Å²) >= 11 is 0. The van der Waals surface area contributed by atoms with E-state index in [0.29, 0.717) is 0 Å². The first kappa shape index (κ1) is 15.3. The first-order valence-corrected chi connectivity index (χ1v) is 10.6. The number of hydrogen-bond acceptors (Lipinski definition) is 3. The molecule has 0 atom stereocenters. The van der Waals surface area contributed by atoms with E-state index in [9.17, 15) is 0 Å². The Morgan fingerprint density at radius 2 is 1.28 bits per heavy atom. The quantitative estimate of drug-likeness (QED) is 0.306. The second kappa shape index (κ2) is 4.84. The normalized spacial score (nSPS) is 13.0. The van der Waals surface area contributed by atoms with Gasteiger partial charge in [-0.1, -0.05) is 36.4 Å². The van der Waals surface area contributed by atoms with E-state index >= 15 is 0 Å². The van der Waals surface area contributed by atoms with Crippen molar-refractivity contribution in [2.24, 2.45) is 0 Å². The predicted octanol–water partition coefficient (Wildman–Crippen LogP) is 6.03. The third kappa shape index (κ3) is 1.50. The molecule has 32 heavy (non-hydrogen) atoms. The number of imidazole rings is 4. The molecule has 0 spiro atoms. The second-order valence-electron chi connectivity index (χ2n) is 8.37. The maximum atomic E-state index is 6.37. The Kier molecular flexibility index (Phi) is 2.31. The van der Waals surface area contributed by atoms with Gasteiger partial charge in [-0.25, -0.2) is 14.4 Å². The molecule has 0 saturated carbocycles. The van der Waals surface area contributed by atoms with Crippen LogP contribution >= 0.6 is 0 Å². The summed E-state index contributed by atoms with van der Waals surface area (Å²) in [5, 5.41) is 2.23. The molecule has 6 nitrogen and oxygen atoms in total. The smallest absolute Gasteiger partial charge is 0.223 e. The van der Waals surface area contributed by atoms with Crippen molar-refractivity contribution < 1.29 is 4.42 Å². The fourth-order valence-electron chi connectivity index (χ4n) is 5.51. The van der Waals surface area contributed by atoms with Gasteiger partial charge >= 0.3 is 0 Å². The third-order valence-electron chi connectivity index (χ3n) is 6.79. The minimum Gasteiger partial charge on any atom is -0.454 e. The standard InChI is InChI=1S/C26H13N5O/c1-4-11-21-14(6-1)15-12-13-17-22(24(15)32-21)30-20-10-5-9-19-23(20)31(26(30)28-17)25-27-16-7-2-3-8-18(16)29(19)25/h1-13H. The van der Waals surface area contributed by atoms with Crippen LogP contribution in [0.15, 0.2) is 83.3 Å². The van der Waals surface area contributed by atoms with Crippen molar-refractivity contribution in [3.05, 3.63) is 78.9 Å². The molecular formula is C26H13N5O. The Labute approximate surface area is 178 Å². The molecule has 5 heterocycles. The number of furan rings is 1. The van der Waals surface area contributed by atoms with Gasteiger partial charge in [0.1, 0.15) is 16.6 Å². The molecule has 0 radical (unpaired) electrons. The molecule has 148 valence electrons. The Bertz CT molecular complexity index is 2200. The topological polar surface area (TPSA) is 52.2 Å². The van der Waals surface area contributed by atoms with E-state index in [4.69, 9.17) is 14.4 Å². The lowest BCUT2D eigenvalue weighted by molar-refractivity contribution is 0.671. The number of hydrogen-bond donors (Lipinski definition) is 0. The molecule has 0 bridgehead atoms. The highest BCUT2D eigenvalue weighted by Crippen LogP contribution is 2.38. The highest BCUT2D eigenvalue weighted by atomic mass is 16.3. The molecule has 0 aliphatic carbocycles. The molecule has 0 aliphatic rings. The summed E-state index contributed by atoms with van der Waals surface area (Å²) in [4.78, 5) is 10.0. The van der Waals surface area contributed by atoms with Gasteiger partial charge < -0.3 is 4.42 Å². The third-order valence-corrected chi connectivity index (χ3v) is 6.79. The molecule has 0 unspecified atom stereocenters. The average molecular weight is 411 g/mol. The minimum atomic E-state index is 0.851. The van der Waals surface area contributed by atoms with Crippen LogP contribution in [0.4, 0.5) is 0 Å². The summed E-state index contributed by atoms with van der Waals surface area (Å²) in [5.74, 6) is 1.73. The second-order valence-corrected chi connectivity index (χ2v) is 8.37. The first-order valence-electron chi connectivity index (χ1n) is 10.6. The first-order chi connectivity index (χ1) is 15.9. The average Bonchev–Trinajstić information content (AvgIpc) is 3.59. The van der Waals surface area contributed by atoms with Crippen LogP contribution in [0.2, 0.25) is 0 Å². The van der Waals surface area contributed by atoms with E-state index in [0.717, 1.165) is 72.1 Å². The Balaban J connectivity index is 1.61. The van der Waals surface area contributed by atoms with Crippen molar-refractivity contribution in [1.29, 1.82) is 0 Å². The van der Waals surface area contributed by atoms with Crippen molar-refractivity contribution in [1.82, 2.24) is 23.2 Å². The van der Waals surface area contributed by atoms with E-state index < -0.39 is 0 Å². The zero-order chi connectivity index (χ0) is 20.6. The van der Waals surface area contributed by atoms with E-state index in [-0.39, 0.29) is 0 Å². The lowest BCUT2D eigenvalue weighted by Gasteiger charge is -1.98. The van der Waals surface area contributed by atoms with E-state index in [2.05, 4.69) is 73.9 Å². The lowest BCUT2D eigenvalue weighted by atomic mass is 10.1. The summed E-state index contributed by atoms with van der Waals surface area (Å²) in [6, 6.07) is 27.1. The summed E-state index contributed by atoms with van der Waals surface area (Å²) in [6.45, 7) is 0. The molecule has 0 aliphatic heterocycles. The van der Waals surface area contributed by atoms with Gasteiger partial charge in [0.25, 0.3) is 0 Å². The van der Waals surface area contributed by atoms with Gasteiger partial charge in [0, 0.05) is 10.8 Å². The Hall–Kier alpha value is -4.58. The largest absolute Gasteiger partial charge is 0.454 e. The molecule has 0 amide bonds. The summed E-state index contributed by atoms with van der Waals surface area (Å²) in [7, 11) is 0. The van der Waals surface area contributed by atoms with E-state index in [1.54, 1.807) is 0 Å². The maximum absolute atomic E-state index is 6.37. The number of fused-ring (bicyclic) bond motifs is 14. The van der Waals surface area contributed by atoms with Crippen molar-refractivity contribution in [3.8, 4) is 0 Å². The highest BCUT2D eigenvalue weighted by Gasteiger charge is 2.24. The molecule has 9 rings (SSSR count). The zero-order valence-corrected chi connectivity index (χ0v) is 16.6. The Morgan fingerprint density at radius 1 is 0.531 bits per heavy atom. The van der Waals surface area contributed by atoms with Crippen LogP contribution in [0.25, 0.3) is 72.1 Å². The van der Waals surface area contributed by atoms with Crippen LogP contribution in [0.3, 0.4) is 0 Å². The van der Waals surface area contributed by atoms with Crippen molar-refractivity contribution in [2.75, 3.05) is 0 Å². The van der Waals surface area contributed by atoms with Crippen LogP contribution in [0.5, 0.6) is 0 Å². The number of aromatic nitrogens is 5. The molecule has 5 aromatic heterocycles. The van der Waals surface area contributed by atoms with Crippen molar-refractivity contribution in [3.63, 3.8) is 0 Å². The van der Waals surface area contributed by atoms with Gasteiger partial charge in [-0.15, -0.1) is 0 Å².